The van der Waals surface area contributed by atoms with Crippen LogP contribution >= 0.6 is 0 Å². The number of nitrogens with zero attached hydrogens (tertiary/aromatic N) is 1. The largest absolute Gasteiger partial charge is 0.497 e. The van der Waals surface area contributed by atoms with Gasteiger partial charge in [0, 0.05) is 24.7 Å². The summed E-state index contributed by atoms with van der Waals surface area (Å²) in [6.45, 7) is 2.30. The minimum atomic E-state index is 0.154. The van der Waals surface area contributed by atoms with Crippen molar-refractivity contribution < 1.29 is 9.53 Å². The van der Waals surface area contributed by atoms with Crippen molar-refractivity contribution in [3.05, 3.63) is 29.8 Å². The number of hydrogen-bond donors (Lipinski definition) is 2. The summed E-state index contributed by atoms with van der Waals surface area (Å²) in [5.41, 5.74) is 3.53. The first-order valence-corrected chi connectivity index (χ1v) is 6.58. The maximum atomic E-state index is 12.1. The number of carbonyl (C=O) groups is 1. The number of benzene rings is 1. The molecule has 0 atom stereocenters. The van der Waals surface area contributed by atoms with Crippen LogP contribution in [0.15, 0.2) is 24.3 Å². The monoisotopic (exact) mass is 263 g/mol. The van der Waals surface area contributed by atoms with Gasteiger partial charge in [-0.1, -0.05) is 0 Å². The Morgan fingerprint density at radius 2 is 2.00 bits per heavy atom. The minimum absolute atomic E-state index is 0.154. The Morgan fingerprint density at radius 1 is 1.37 bits per heavy atom. The highest BCUT2D eigenvalue weighted by molar-refractivity contribution is 5.97. The molecule has 19 heavy (non-hydrogen) atoms. The Balaban J connectivity index is 1.87. The number of hydrazine groups is 1. The molecule has 5 nitrogen and oxygen atoms in total. The molecular formula is C14H21N3O2. The van der Waals surface area contributed by atoms with E-state index in [0.717, 1.165) is 37.2 Å². The van der Waals surface area contributed by atoms with Crippen LogP contribution in [-0.4, -0.2) is 43.5 Å². The first-order valence-electron chi connectivity index (χ1n) is 6.58. The van der Waals surface area contributed by atoms with Gasteiger partial charge in [-0.3, -0.25) is 21.0 Å². The average molecular weight is 263 g/mol. The number of ether oxygens (including phenoxy) is 1. The van der Waals surface area contributed by atoms with Gasteiger partial charge in [-0.05, 0) is 37.1 Å². The first kappa shape index (κ1) is 14.0. The summed E-state index contributed by atoms with van der Waals surface area (Å²) < 4.78 is 5.08. The van der Waals surface area contributed by atoms with E-state index in [2.05, 4.69) is 10.3 Å². The number of likely N-dealkylation sites (tertiary alicyclic amines) is 1. The maximum Gasteiger partial charge on any atom is 0.176 e. The van der Waals surface area contributed by atoms with E-state index < -0.39 is 0 Å². The normalized spacial score (nSPS) is 17.4. The van der Waals surface area contributed by atoms with Crippen molar-refractivity contribution in [1.29, 1.82) is 0 Å². The fourth-order valence-corrected chi connectivity index (χ4v) is 2.33. The number of rotatable bonds is 5. The van der Waals surface area contributed by atoms with E-state index in [4.69, 9.17) is 10.6 Å². The zero-order valence-corrected chi connectivity index (χ0v) is 11.3. The fraction of sp³-hybridized carbons (Fsp3) is 0.500. The molecule has 0 aromatic heterocycles. The van der Waals surface area contributed by atoms with E-state index in [1.54, 1.807) is 7.11 Å². The van der Waals surface area contributed by atoms with Crippen molar-refractivity contribution in [3.8, 4) is 5.75 Å². The molecule has 0 amide bonds. The topological polar surface area (TPSA) is 67.6 Å². The Hall–Kier alpha value is -1.43. The highest BCUT2D eigenvalue weighted by Gasteiger charge is 2.20. The summed E-state index contributed by atoms with van der Waals surface area (Å²) >= 11 is 0. The van der Waals surface area contributed by atoms with Crippen molar-refractivity contribution in [2.45, 2.75) is 18.9 Å². The molecule has 2 rings (SSSR count). The zero-order valence-electron chi connectivity index (χ0n) is 11.3. The Morgan fingerprint density at radius 3 is 2.53 bits per heavy atom. The second-order valence-electron chi connectivity index (χ2n) is 4.87. The van der Waals surface area contributed by atoms with Gasteiger partial charge in [-0.15, -0.1) is 0 Å². The first-order chi connectivity index (χ1) is 9.22. The molecule has 0 saturated carbocycles. The molecule has 1 fully saturated rings. The van der Waals surface area contributed by atoms with Gasteiger partial charge in [0.2, 0.25) is 0 Å². The number of Topliss-reactive ketones (excluding diaryl/α,β-unsaturated/α-hetero) is 1. The van der Waals surface area contributed by atoms with Gasteiger partial charge in [-0.25, -0.2) is 0 Å². The van der Waals surface area contributed by atoms with Crippen molar-refractivity contribution in [2.24, 2.45) is 5.84 Å². The molecule has 5 heteroatoms. The number of hydrogen-bond acceptors (Lipinski definition) is 5. The molecule has 1 saturated heterocycles. The number of piperidine rings is 1. The van der Waals surface area contributed by atoms with Gasteiger partial charge in [0.1, 0.15) is 5.75 Å². The third kappa shape index (κ3) is 3.76. The molecule has 0 radical (unpaired) electrons. The molecule has 1 aromatic carbocycles. The van der Waals surface area contributed by atoms with E-state index in [0.29, 0.717) is 12.6 Å². The second-order valence-corrected chi connectivity index (χ2v) is 4.87. The number of ketones is 1. The Bertz CT molecular complexity index is 411. The van der Waals surface area contributed by atoms with Crippen molar-refractivity contribution in [2.75, 3.05) is 26.7 Å². The van der Waals surface area contributed by atoms with Crippen molar-refractivity contribution in [1.82, 2.24) is 10.3 Å². The van der Waals surface area contributed by atoms with Gasteiger partial charge < -0.3 is 4.74 Å². The Labute approximate surface area is 113 Å². The standard InChI is InChI=1S/C14H21N3O2/c1-19-13-4-2-11(3-5-13)14(18)10-17-8-6-12(16-15)7-9-17/h2-5,12,16H,6-10,15H2,1H3. The van der Waals surface area contributed by atoms with Crippen molar-refractivity contribution in [3.63, 3.8) is 0 Å². The fourth-order valence-electron chi connectivity index (χ4n) is 2.33. The lowest BCUT2D eigenvalue weighted by atomic mass is 10.0. The van der Waals surface area contributed by atoms with Gasteiger partial charge in [0.25, 0.3) is 0 Å². The van der Waals surface area contributed by atoms with E-state index >= 15 is 0 Å². The predicted molar refractivity (Wildman–Crippen MR) is 74.1 cm³/mol. The highest BCUT2D eigenvalue weighted by atomic mass is 16.5. The summed E-state index contributed by atoms with van der Waals surface area (Å²) in [6.07, 6.45) is 1.98. The predicted octanol–water partition coefficient (Wildman–Crippen LogP) is 0.806. The van der Waals surface area contributed by atoms with Gasteiger partial charge >= 0.3 is 0 Å². The minimum Gasteiger partial charge on any atom is -0.497 e. The quantitative estimate of drug-likeness (QED) is 0.467. The molecule has 3 N–H and O–H groups in total. The van der Waals surface area contributed by atoms with Crippen LogP contribution in [0.2, 0.25) is 0 Å². The SMILES string of the molecule is COc1ccc(C(=O)CN2CCC(NN)CC2)cc1. The molecule has 0 aliphatic carbocycles. The molecule has 1 aliphatic rings. The Kier molecular flexibility index (Phi) is 4.90. The van der Waals surface area contributed by atoms with Crippen LogP contribution in [0.5, 0.6) is 5.75 Å². The van der Waals surface area contributed by atoms with Crippen LogP contribution < -0.4 is 16.0 Å². The molecule has 1 heterocycles. The summed E-state index contributed by atoms with van der Waals surface area (Å²) in [5.74, 6) is 6.35. The number of methoxy groups -OCH3 is 1. The summed E-state index contributed by atoms with van der Waals surface area (Å²) in [7, 11) is 1.62. The third-order valence-corrected chi connectivity index (χ3v) is 3.60. The van der Waals surface area contributed by atoms with Crippen LogP contribution in [0.4, 0.5) is 0 Å². The molecule has 104 valence electrons. The third-order valence-electron chi connectivity index (χ3n) is 3.60. The lowest BCUT2D eigenvalue weighted by Crippen LogP contribution is -2.46. The highest BCUT2D eigenvalue weighted by Crippen LogP contribution is 2.14. The lowest BCUT2D eigenvalue weighted by molar-refractivity contribution is 0.0904. The van der Waals surface area contributed by atoms with Crippen LogP contribution in [0.25, 0.3) is 0 Å². The summed E-state index contributed by atoms with van der Waals surface area (Å²) in [6, 6.07) is 7.65. The molecular weight excluding hydrogens is 242 g/mol. The van der Waals surface area contributed by atoms with Crippen molar-refractivity contribution >= 4 is 5.78 Å². The zero-order chi connectivity index (χ0) is 13.7. The van der Waals surface area contributed by atoms with E-state index in [9.17, 15) is 4.79 Å². The molecule has 0 bridgehead atoms. The smallest absolute Gasteiger partial charge is 0.176 e. The number of carbonyl (C=O) groups excluding carboxylic acids is 1. The van der Waals surface area contributed by atoms with Crippen LogP contribution in [-0.2, 0) is 0 Å². The molecule has 1 aromatic rings. The van der Waals surface area contributed by atoms with Gasteiger partial charge in [-0.2, -0.15) is 0 Å². The molecule has 0 spiro atoms. The molecule has 0 unspecified atom stereocenters. The van der Waals surface area contributed by atoms with E-state index in [1.165, 1.54) is 0 Å². The van der Waals surface area contributed by atoms with Gasteiger partial charge in [0.05, 0.1) is 13.7 Å². The lowest BCUT2D eigenvalue weighted by Gasteiger charge is -2.30. The number of nitrogens with two attached hydrogens (primary N) is 1. The van der Waals surface area contributed by atoms with Crippen LogP contribution in [0.3, 0.4) is 0 Å². The number of nitrogens with one attached hydrogen (secondary N) is 1. The van der Waals surface area contributed by atoms with Crippen LogP contribution in [0, 0.1) is 0 Å². The second kappa shape index (κ2) is 6.65. The van der Waals surface area contributed by atoms with E-state index in [-0.39, 0.29) is 5.78 Å². The average Bonchev–Trinajstić information content (AvgIpc) is 2.48. The van der Waals surface area contributed by atoms with E-state index in [1.807, 2.05) is 24.3 Å². The summed E-state index contributed by atoms with van der Waals surface area (Å²) in [4.78, 5) is 14.3. The maximum absolute atomic E-state index is 12.1. The van der Waals surface area contributed by atoms with Gasteiger partial charge in [0.15, 0.2) is 5.78 Å². The summed E-state index contributed by atoms with van der Waals surface area (Å²) in [5, 5.41) is 0. The molecule has 1 aliphatic heterocycles. The van der Waals surface area contributed by atoms with Crippen LogP contribution in [0.1, 0.15) is 23.2 Å².